The van der Waals surface area contributed by atoms with Crippen LogP contribution in [0.5, 0.6) is 5.75 Å². The van der Waals surface area contributed by atoms with Gasteiger partial charge in [0.05, 0.1) is 11.1 Å². The van der Waals surface area contributed by atoms with E-state index in [9.17, 15) is 22.8 Å². The summed E-state index contributed by atoms with van der Waals surface area (Å²) in [5.74, 6) is -2.89. The number of hydrogen-bond donors (Lipinski definition) is 1. The maximum Gasteiger partial charge on any atom is 0.573 e. The van der Waals surface area contributed by atoms with E-state index in [2.05, 4.69) is 4.74 Å². The van der Waals surface area contributed by atoms with Crippen molar-refractivity contribution in [2.24, 2.45) is 0 Å². The van der Waals surface area contributed by atoms with Gasteiger partial charge in [-0.3, -0.25) is 4.79 Å². The minimum Gasteiger partial charge on any atom is -0.478 e. The summed E-state index contributed by atoms with van der Waals surface area (Å²) in [7, 11) is 0. The Bertz CT molecular complexity index is 723. The Hall–Kier alpha value is -2.83. The van der Waals surface area contributed by atoms with Crippen LogP contribution in [0.1, 0.15) is 26.3 Å². The molecule has 0 amide bonds. The van der Waals surface area contributed by atoms with Crippen LogP contribution in [0.15, 0.2) is 48.5 Å². The van der Waals surface area contributed by atoms with Gasteiger partial charge < -0.3 is 9.84 Å². The zero-order valence-electron chi connectivity index (χ0n) is 10.9. The van der Waals surface area contributed by atoms with Gasteiger partial charge in [-0.1, -0.05) is 30.3 Å². The molecule has 0 unspecified atom stereocenters. The van der Waals surface area contributed by atoms with Gasteiger partial charge in [-0.15, -0.1) is 13.2 Å². The minimum absolute atomic E-state index is 0.215. The Labute approximate surface area is 122 Å². The molecule has 0 spiro atoms. The lowest BCUT2D eigenvalue weighted by molar-refractivity contribution is -0.274. The molecule has 0 radical (unpaired) electrons. The predicted molar refractivity (Wildman–Crippen MR) is 70.0 cm³/mol. The third-order valence-electron chi connectivity index (χ3n) is 2.76. The molecule has 0 saturated heterocycles. The zero-order valence-corrected chi connectivity index (χ0v) is 10.9. The molecule has 114 valence electrons. The first-order valence-corrected chi connectivity index (χ1v) is 6.01. The van der Waals surface area contributed by atoms with Crippen molar-refractivity contribution in [2.75, 3.05) is 0 Å². The highest BCUT2D eigenvalue weighted by atomic mass is 19.4. The number of alkyl halides is 3. The summed E-state index contributed by atoms with van der Waals surface area (Å²) in [4.78, 5) is 23.5. The van der Waals surface area contributed by atoms with Gasteiger partial charge in [-0.2, -0.15) is 0 Å². The largest absolute Gasteiger partial charge is 0.573 e. The lowest BCUT2D eigenvalue weighted by Gasteiger charge is -2.13. The second-order valence-electron chi connectivity index (χ2n) is 4.22. The van der Waals surface area contributed by atoms with E-state index >= 15 is 0 Å². The van der Waals surface area contributed by atoms with E-state index in [4.69, 9.17) is 5.11 Å². The van der Waals surface area contributed by atoms with E-state index in [1.807, 2.05) is 0 Å². The Balaban J connectivity index is 2.49. The number of benzene rings is 2. The summed E-state index contributed by atoms with van der Waals surface area (Å²) >= 11 is 0. The molecule has 1 N–H and O–H groups in total. The molecule has 2 rings (SSSR count). The van der Waals surface area contributed by atoms with Crippen LogP contribution in [-0.4, -0.2) is 23.2 Å². The van der Waals surface area contributed by atoms with Gasteiger partial charge in [-0.05, 0) is 18.2 Å². The average Bonchev–Trinajstić information content (AvgIpc) is 2.45. The minimum atomic E-state index is -4.96. The quantitative estimate of drug-likeness (QED) is 0.878. The fourth-order valence-electron chi connectivity index (χ4n) is 1.88. The summed E-state index contributed by atoms with van der Waals surface area (Å²) in [6, 6.07) is 10.0. The molecule has 22 heavy (non-hydrogen) atoms. The van der Waals surface area contributed by atoms with Crippen molar-refractivity contribution < 1.29 is 32.6 Å². The van der Waals surface area contributed by atoms with Crippen molar-refractivity contribution in [2.45, 2.75) is 6.36 Å². The highest BCUT2D eigenvalue weighted by Gasteiger charge is 2.33. The summed E-state index contributed by atoms with van der Waals surface area (Å²) in [5, 5.41) is 9.05. The van der Waals surface area contributed by atoms with Gasteiger partial charge in [0.1, 0.15) is 5.75 Å². The number of carbonyl (C=O) groups is 2. The smallest absolute Gasteiger partial charge is 0.478 e. The van der Waals surface area contributed by atoms with Crippen LogP contribution in [-0.2, 0) is 0 Å². The normalized spacial score (nSPS) is 11.0. The van der Waals surface area contributed by atoms with E-state index in [1.54, 1.807) is 0 Å². The summed E-state index contributed by atoms with van der Waals surface area (Å²) in [5.41, 5.74) is -0.879. The average molecular weight is 310 g/mol. The zero-order chi connectivity index (χ0) is 16.3. The Morgan fingerprint density at radius 1 is 0.864 bits per heavy atom. The van der Waals surface area contributed by atoms with Crippen molar-refractivity contribution in [1.29, 1.82) is 0 Å². The van der Waals surface area contributed by atoms with Crippen LogP contribution < -0.4 is 4.74 Å². The van der Waals surface area contributed by atoms with Gasteiger partial charge in [0.25, 0.3) is 0 Å². The van der Waals surface area contributed by atoms with Crippen molar-refractivity contribution >= 4 is 11.8 Å². The van der Waals surface area contributed by atoms with E-state index in [-0.39, 0.29) is 16.7 Å². The van der Waals surface area contributed by atoms with Gasteiger partial charge in [0.15, 0.2) is 5.78 Å². The number of ether oxygens (including phenoxy) is 1. The number of hydrogen-bond acceptors (Lipinski definition) is 3. The van der Waals surface area contributed by atoms with Crippen LogP contribution in [0.3, 0.4) is 0 Å². The maximum absolute atomic E-state index is 12.4. The molecule has 0 bridgehead atoms. The standard InChI is InChI=1S/C15H9F3O4/c16-15(17,18)22-12-8-4-3-7-11(12)13(19)9-5-1-2-6-10(9)14(20)21/h1-8H,(H,20,21). The Morgan fingerprint density at radius 2 is 1.36 bits per heavy atom. The third kappa shape index (κ3) is 3.43. The molecule has 0 aliphatic heterocycles. The number of rotatable bonds is 4. The van der Waals surface area contributed by atoms with Gasteiger partial charge >= 0.3 is 12.3 Å². The van der Waals surface area contributed by atoms with Gasteiger partial charge in [0, 0.05) is 5.56 Å². The highest BCUT2D eigenvalue weighted by molar-refractivity contribution is 6.15. The summed E-state index contributed by atoms with van der Waals surface area (Å²) in [6.45, 7) is 0. The van der Waals surface area contributed by atoms with Crippen LogP contribution >= 0.6 is 0 Å². The molecular formula is C15H9F3O4. The van der Waals surface area contributed by atoms with E-state index in [1.165, 1.54) is 36.4 Å². The van der Waals surface area contributed by atoms with Crippen LogP contribution in [0, 0.1) is 0 Å². The molecular weight excluding hydrogens is 301 g/mol. The predicted octanol–water partition coefficient (Wildman–Crippen LogP) is 3.51. The summed E-state index contributed by atoms with van der Waals surface area (Å²) < 4.78 is 40.9. The molecule has 2 aromatic rings. The molecule has 0 heterocycles. The molecule has 0 aromatic heterocycles. The van der Waals surface area contributed by atoms with Crippen molar-refractivity contribution in [3.63, 3.8) is 0 Å². The SMILES string of the molecule is O=C(O)c1ccccc1C(=O)c1ccccc1OC(F)(F)F. The number of carboxylic acid groups (broad SMARTS) is 1. The second kappa shape index (κ2) is 5.88. The van der Waals surface area contributed by atoms with E-state index in [0.29, 0.717) is 0 Å². The maximum atomic E-state index is 12.4. The first-order valence-electron chi connectivity index (χ1n) is 6.01. The van der Waals surface area contributed by atoms with Crippen molar-refractivity contribution in [1.82, 2.24) is 0 Å². The molecule has 2 aromatic carbocycles. The van der Waals surface area contributed by atoms with Gasteiger partial charge in [0.2, 0.25) is 0 Å². The molecule has 0 atom stereocenters. The summed E-state index contributed by atoms with van der Waals surface area (Å²) in [6.07, 6.45) is -4.96. The molecule has 0 fully saturated rings. The fourth-order valence-corrected chi connectivity index (χ4v) is 1.88. The highest BCUT2D eigenvalue weighted by Crippen LogP contribution is 2.28. The number of aromatic carboxylic acids is 1. The van der Waals surface area contributed by atoms with Gasteiger partial charge in [-0.25, -0.2) is 4.79 Å². The first kappa shape index (κ1) is 15.6. The Morgan fingerprint density at radius 3 is 1.91 bits per heavy atom. The number of carboxylic acids is 1. The van der Waals surface area contributed by atoms with E-state index in [0.717, 1.165) is 12.1 Å². The number of ketones is 1. The molecule has 4 nitrogen and oxygen atoms in total. The van der Waals surface area contributed by atoms with E-state index < -0.39 is 23.9 Å². The topological polar surface area (TPSA) is 63.6 Å². The number of carbonyl (C=O) groups excluding carboxylic acids is 1. The molecule has 0 saturated carbocycles. The molecule has 0 aliphatic rings. The Kier molecular flexibility index (Phi) is 4.16. The van der Waals surface area contributed by atoms with Crippen molar-refractivity contribution in [3.05, 3.63) is 65.2 Å². The van der Waals surface area contributed by atoms with Crippen LogP contribution in [0.4, 0.5) is 13.2 Å². The lowest BCUT2D eigenvalue weighted by atomic mass is 9.98. The third-order valence-corrected chi connectivity index (χ3v) is 2.76. The van der Waals surface area contributed by atoms with Crippen molar-refractivity contribution in [3.8, 4) is 5.75 Å². The number of para-hydroxylation sites is 1. The molecule has 7 heteroatoms. The first-order chi connectivity index (χ1) is 10.3. The lowest BCUT2D eigenvalue weighted by Crippen LogP contribution is -2.19. The second-order valence-corrected chi connectivity index (χ2v) is 4.22. The monoisotopic (exact) mass is 310 g/mol. The number of halogens is 3. The fraction of sp³-hybridized carbons (Fsp3) is 0.0667. The van der Waals surface area contributed by atoms with Crippen LogP contribution in [0.25, 0.3) is 0 Å². The van der Waals surface area contributed by atoms with Crippen LogP contribution in [0.2, 0.25) is 0 Å². The molecule has 0 aliphatic carbocycles.